The van der Waals surface area contributed by atoms with Crippen molar-refractivity contribution in [2.45, 2.75) is 18.6 Å². The zero-order valence-electron chi connectivity index (χ0n) is 7.67. The van der Waals surface area contributed by atoms with E-state index in [2.05, 4.69) is 4.98 Å². The topological polar surface area (TPSA) is 90.7 Å². The summed E-state index contributed by atoms with van der Waals surface area (Å²) in [6.45, 7) is 0. The van der Waals surface area contributed by atoms with E-state index in [0.29, 0.717) is 0 Å². The Morgan fingerprint density at radius 1 is 1.53 bits per heavy atom. The second-order valence-electron chi connectivity index (χ2n) is 3.01. The normalized spacial score (nSPS) is 14.6. The van der Waals surface area contributed by atoms with Crippen molar-refractivity contribution in [3.63, 3.8) is 0 Å². The summed E-state index contributed by atoms with van der Waals surface area (Å²) in [7, 11) is 0. The van der Waals surface area contributed by atoms with Crippen LogP contribution < -0.4 is 0 Å². The van der Waals surface area contributed by atoms with E-state index in [1.54, 1.807) is 0 Å². The summed E-state index contributed by atoms with van der Waals surface area (Å²) in [5.41, 5.74) is -0.168. The number of carboxylic acids is 1. The fourth-order valence-electron chi connectivity index (χ4n) is 1.12. The number of pyridine rings is 1. The molecule has 3 N–H and O–H groups in total. The van der Waals surface area contributed by atoms with Crippen LogP contribution in [0, 0.1) is 5.82 Å². The van der Waals surface area contributed by atoms with Gasteiger partial charge in [-0.25, -0.2) is 4.39 Å². The molecule has 82 valence electrons. The predicted octanol–water partition coefficient (Wildman–Crippen LogP) is 0.0897. The Balaban J connectivity index is 2.80. The first-order valence-corrected chi connectivity index (χ1v) is 4.19. The number of aliphatic hydroxyl groups excluding tert-OH is 2. The highest BCUT2D eigenvalue weighted by molar-refractivity contribution is 5.67. The number of aliphatic hydroxyl groups is 2. The van der Waals surface area contributed by atoms with Gasteiger partial charge in [0.2, 0.25) is 0 Å². The van der Waals surface area contributed by atoms with E-state index in [9.17, 15) is 19.4 Å². The number of carbonyl (C=O) groups is 1. The lowest BCUT2D eigenvalue weighted by Crippen LogP contribution is -2.22. The van der Waals surface area contributed by atoms with Crippen LogP contribution in [0.4, 0.5) is 4.39 Å². The molecule has 0 radical (unpaired) electrons. The maximum absolute atomic E-state index is 13.1. The van der Waals surface area contributed by atoms with E-state index >= 15 is 0 Å². The van der Waals surface area contributed by atoms with E-state index < -0.39 is 30.4 Å². The monoisotopic (exact) mass is 215 g/mol. The molecule has 0 aliphatic carbocycles. The molecule has 1 aromatic rings. The molecule has 2 unspecified atom stereocenters. The molecule has 6 heteroatoms. The molecule has 0 amide bonds. The molecule has 1 aromatic heterocycles. The van der Waals surface area contributed by atoms with Crippen molar-refractivity contribution in [1.29, 1.82) is 0 Å². The van der Waals surface area contributed by atoms with Gasteiger partial charge >= 0.3 is 5.97 Å². The van der Waals surface area contributed by atoms with Gasteiger partial charge < -0.3 is 15.3 Å². The molecule has 15 heavy (non-hydrogen) atoms. The lowest BCUT2D eigenvalue weighted by molar-refractivity contribution is -0.141. The minimum atomic E-state index is -1.57. The zero-order chi connectivity index (χ0) is 11.4. The van der Waals surface area contributed by atoms with Crippen LogP contribution >= 0.6 is 0 Å². The van der Waals surface area contributed by atoms with Gasteiger partial charge in [-0.15, -0.1) is 0 Å². The highest BCUT2D eigenvalue weighted by atomic mass is 19.1. The Morgan fingerprint density at radius 2 is 2.20 bits per heavy atom. The van der Waals surface area contributed by atoms with E-state index in [1.165, 1.54) is 12.3 Å². The van der Waals surface area contributed by atoms with Gasteiger partial charge in [-0.05, 0) is 6.07 Å². The molecule has 0 saturated carbocycles. The van der Waals surface area contributed by atoms with Gasteiger partial charge in [-0.3, -0.25) is 9.78 Å². The predicted molar refractivity (Wildman–Crippen MR) is 47.4 cm³/mol. The molecule has 0 aromatic carbocycles. The molecular formula is C9H10FNO4. The highest BCUT2D eigenvalue weighted by Gasteiger charge is 2.23. The van der Waals surface area contributed by atoms with Gasteiger partial charge in [0, 0.05) is 11.8 Å². The number of carboxylic acid groups (broad SMARTS) is 1. The minimum absolute atomic E-state index is 0.168. The number of nitrogens with zero attached hydrogens (tertiary/aromatic N) is 1. The SMILES string of the molecule is O=C(O)CC(O)C(O)c1ccncc1F. The van der Waals surface area contributed by atoms with Gasteiger partial charge in [0.25, 0.3) is 0 Å². The van der Waals surface area contributed by atoms with Crippen LogP contribution in [0.15, 0.2) is 18.5 Å². The van der Waals surface area contributed by atoms with Gasteiger partial charge in [0.15, 0.2) is 0 Å². The highest BCUT2D eigenvalue weighted by Crippen LogP contribution is 2.20. The van der Waals surface area contributed by atoms with E-state index in [1.807, 2.05) is 0 Å². The number of rotatable bonds is 4. The van der Waals surface area contributed by atoms with Crippen LogP contribution in [0.2, 0.25) is 0 Å². The van der Waals surface area contributed by atoms with Crippen LogP contribution in [-0.4, -0.2) is 32.4 Å². The summed E-state index contributed by atoms with van der Waals surface area (Å²) in [5, 5.41) is 27.1. The number of hydrogen-bond acceptors (Lipinski definition) is 4. The fourth-order valence-corrected chi connectivity index (χ4v) is 1.12. The summed E-state index contributed by atoms with van der Waals surface area (Å²) in [6, 6.07) is 1.19. The smallest absolute Gasteiger partial charge is 0.306 e. The Morgan fingerprint density at radius 3 is 2.73 bits per heavy atom. The standard InChI is InChI=1S/C9H10FNO4/c10-6-4-11-2-1-5(6)9(15)7(12)3-8(13)14/h1-2,4,7,9,12,15H,3H2,(H,13,14). The molecule has 5 nitrogen and oxygen atoms in total. The Kier molecular flexibility index (Phi) is 3.70. The van der Waals surface area contributed by atoms with Crippen molar-refractivity contribution in [3.05, 3.63) is 29.8 Å². The van der Waals surface area contributed by atoms with Crippen LogP contribution in [-0.2, 0) is 4.79 Å². The van der Waals surface area contributed by atoms with E-state index in [-0.39, 0.29) is 5.56 Å². The van der Waals surface area contributed by atoms with Crippen molar-refractivity contribution >= 4 is 5.97 Å². The largest absolute Gasteiger partial charge is 0.481 e. The molecule has 0 saturated heterocycles. The first-order valence-electron chi connectivity index (χ1n) is 4.19. The summed E-state index contributed by atoms with van der Waals surface area (Å²) in [6.07, 6.45) is -1.63. The Hall–Kier alpha value is -1.53. The van der Waals surface area contributed by atoms with Crippen LogP contribution in [0.25, 0.3) is 0 Å². The van der Waals surface area contributed by atoms with Gasteiger partial charge in [0.05, 0.1) is 18.7 Å². The van der Waals surface area contributed by atoms with Crippen molar-refractivity contribution in [2.75, 3.05) is 0 Å². The molecular weight excluding hydrogens is 205 g/mol. The van der Waals surface area contributed by atoms with Gasteiger partial charge in [0.1, 0.15) is 11.9 Å². The first-order chi connectivity index (χ1) is 7.02. The number of halogens is 1. The summed E-state index contributed by atoms with van der Waals surface area (Å²) < 4.78 is 13.1. The number of aliphatic carboxylic acids is 1. The molecule has 0 bridgehead atoms. The molecule has 0 aliphatic heterocycles. The maximum Gasteiger partial charge on any atom is 0.306 e. The molecule has 1 heterocycles. The lowest BCUT2D eigenvalue weighted by atomic mass is 10.0. The number of aromatic nitrogens is 1. The maximum atomic E-state index is 13.1. The molecule has 0 aliphatic rings. The van der Waals surface area contributed by atoms with Crippen molar-refractivity contribution in [2.24, 2.45) is 0 Å². The third kappa shape index (κ3) is 2.97. The lowest BCUT2D eigenvalue weighted by Gasteiger charge is -2.16. The minimum Gasteiger partial charge on any atom is -0.481 e. The van der Waals surface area contributed by atoms with Gasteiger partial charge in [-0.2, -0.15) is 0 Å². The van der Waals surface area contributed by atoms with Crippen LogP contribution in [0.1, 0.15) is 18.1 Å². The fraction of sp³-hybridized carbons (Fsp3) is 0.333. The van der Waals surface area contributed by atoms with Crippen molar-refractivity contribution < 1.29 is 24.5 Å². The Labute approximate surface area is 84.8 Å². The molecule has 1 rings (SSSR count). The van der Waals surface area contributed by atoms with Crippen LogP contribution in [0.3, 0.4) is 0 Å². The van der Waals surface area contributed by atoms with E-state index in [0.717, 1.165) is 6.20 Å². The second-order valence-corrected chi connectivity index (χ2v) is 3.01. The summed E-state index contributed by atoms with van der Waals surface area (Å²) in [4.78, 5) is 13.7. The third-order valence-electron chi connectivity index (χ3n) is 1.87. The molecule has 2 atom stereocenters. The quantitative estimate of drug-likeness (QED) is 0.662. The third-order valence-corrected chi connectivity index (χ3v) is 1.87. The number of hydrogen-bond donors (Lipinski definition) is 3. The average Bonchev–Trinajstić information content (AvgIpc) is 2.16. The van der Waals surface area contributed by atoms with Crippen molar-refractivity contribution in [1.82, 2.24) is 4.98 Å². The molecule has 0 spiro atoms. The van der Waals surface area contributed by atoms with E-state index in [4.69, 9.17) is 5.11 Å². The molecule has 0 fully saturated rings. The second kappa shape index (κ2) is 4.81. The zero-order valence-corrected chi connectivity index (χ0v) is 7.67. The summed E-state index contributed by atoms with van der Waals surface area (Å²) in [5.74, 6) is -2.05. The van der Waals surface area contributed by atoms with Crippen molar-refractivity contribution in [3.8, 4) is 0 Å². The van der Waals surface area contributed by atoms with Crippen LogP contribution in [0.5, 0.6) is 0 Å². The summed E-state index contributed by atoms with van der Waals surface area (Å²) >= 11 is 0. The average molecular weight is 215 g/mol. The van der Waals surface area contributed by atoms with Gasteiger partial charge in [-0.1, -0.05) is 0 Å². The Bertz CT molecular complexity index is 358. The first kappa shape index (κ1) is 11.5.